The molecule has 20 heavy (non-hydrogen) atoms. The van der Waals surface area contributed by atoms with E-state index in [-0.39, 0.29) is 5.56 Å². The molecule has 0 aromatic heterocycles. The van der Waals surface area contributed by atoms with E-state index in [0.29, 0.717) is 24.3 Å². The van der Waals surface area contributed by atoms with E-state index in [0.717, 1.165) is 0 Å². The Morgan fingerprint density at radius 1 is 0.950 bits per heavy atom. The van der Waals surface area contributed by atoms with Crippen molar-refractivity contribution in [2.45, 2.75) is 24.4 Å². The van der Waals surface area contributed by atoms with E-state index in [1.807, 2.05) is 0 Å². The molecule has 1 aromatic carbocycles. The number of hydrogen-bond donors (Lipinski definition) is 1. The topological polar surface area (TPSA) is 37.3 Å². The minimum atomic E-state index is -5.81. The minimum absolute atomic E-state index is 0.334. The first-order chi connectivity index (χ1) is 8.88. The van der Waals surface area contributed by atoms with Gasteiger partial charge in [0.1, 0.15) is 0 Å². The van der Waals surface area contributed by atoms with Crippen LogP contribution in [0.2, 0.25) is 0 Å². The van der Waals surface area contributed by atoms with Crippen LogP contribution in [0, 0.1) is 0 Å². The van der Waals surface area contributed by atoms with Crippen LogP contribution >= 0.6 is 0 Å². The van der Waals surface area contributed by atoms with Gasteiger partial charge in [0.15, 0.2) is 0 Å². The number of carboxylic acids is 1. The standard InChI is InChI=1S/C11H7F7O2/c12-9(13,8(19)20)5-6-1-3-7(4-2-6)10(14,15)11(16,17)18/h1-4H,5H2,(H,19,20). The molecule has 9 heteroatoms. The number of alkyl halides is 7. The molecule has 1 rings (SSSR count). The molecule has 0 bridgehead atoms. The van der Waals surface area contributed by atoms with Gasteiger partial charge in [-0.3, -0.25) is 0 Å². The molecule has 0 aliphatic rings. The second-order valence-corrected chi connectivity index (χ2v) is 3.96. The number of carbonyl (C=O) groups is 1. The zero-order valence-electron chi connectivity index (χ0n) is 9.52. The Morgan fingerprint density at radius 3 is 1.75 bits per heavy atom. The fourth-order valence-electron chi connectivity index (χ4n) is 1.33. The lowest BCUT2D eigenvalue weighted by atomic mass is 10.0. The highest BCUT2D eigenvalue weighted by atomic mass is 19.4. The molecule has 0 heterocycles. The first-order valence-corrected chi connectivity index (χ1v) is 5.03. The number of halogens is 7. The van der Waals surface area contributed by atoms with Crippen LogP contribution in [-0.4, -0.2) is 23.2 Å². The molecule has 0 unspecified atom stereocenters. The van der Waals surface area contributed by atoms with Gasteiger partial charge in [-0.15, -0.1) is 0 Å². The van der Waals surface area contributed by atoms with E-state index >= 15 is 0 Å². The Hall–Kier alpha value is -1.80. The van der Waals surface area contributed by atoms with Crippen molar-refractivity contribution in [3.8, 4) is 0 Å². The quantitative estimate of drug-likeness (QED) is 0.863. The first-order valence-electron chi connectivity index (χ1n) is 5.03. The third kappa shape index (κ3) is 3.20. The highest BCUT2D eigenvalue weighted by Crippen LogP contribution is 2.43. The second-order valence-electron chi connectivity index (χ2n) is 3.96. The molecule has 1 N–H and O–H groups in total. The summed E-state index contributed by atoms with van der Waals surface area (Å²) in [5.74, 6) is -11.7. The summed E-state index contributed by atoms with van der Waals surface area (Å²) in [6, 6.07) is 1.87. The summed E-state index contributed by atoms with van der Waals surface area (Å²) in [7, 11) is 0. The first kappa shape index (κ1) is 16.3. The van der Waals surface area contributed by atoms with Crippen LogP contribution in [0.3, 0.4) is 0 Å². The van der Waals surface area contributed by atoms with Gasteiger partial charge < -0.3 is 5.11 Å². The Labute approximate surface area is 107 Å². The van der Waals surface area contributed by atoms with Gasteiger partial charge in [-0.25, -0.2) is 4.79 Å². The molecule has 0 radical (unpaired) electrons. The van der Waals surface area contributed by atoms with Crippen LogP contribution in [0.4, 0.5) is 30.7 Å². The van der Waals surface area contributed by atoms with E-state index in [9.17, 15) is 35.5 Å². The van der Waals surface area contributed by atoms with E-state index in [1.54, 1.807) is 0 Å². The summed E-state index contributed by atoms with van der Waals surface area (Å²) in [6.45, 7) is 0. The van der Waals surface area contributed by atoms with Crippen molar-refractivity contribution in [3.63, 3.8) is 0 Å². The molecule has 0 aliphatic carbocycles. The van der Waals surface area contributed by atoms with E-state index in [1.165, 1.54) is 0 Å². The zero-order valence-corrected chi connectivity index (χ0v) is 9.52. The molecule has 0 saturated carbocycles. The average molecular weight is 304 g/mol. The molecule has 0 amide bonds. The lowest BCUT2D eigenvalue weighted by Gasteiger charge is -2.20. The molecular formula is C11H7F7O2. The molecule has 1 aromatic rings. The Bertz CT molecular complexity index is 490. The van der Waals surface area contributed by atoms with Crippen LogP contribution < -0.4 is 0 Å². The van der Waals surface area contributed by atoms with Gasteiger partial charge in [-0.05, 0) is 5.56 Å². The molecule has 2 nitrogen and oxygen atoms in total. The number of rotatable bonds is 4. The number of benzene rings is 1. The van der Waals surface area contributed by atoms with Crippen molar-refractivity contribution < 1.29 is 40.6 Å². The predicted molar refractivity (Wildman–Crippen MR) is 52.7 cm³/mol. The molecule has 112 valence electrons. The third-order valence-corrected chi connectivity index (χ3v) is 2.41. The average Bonchev–Trinajstić information content (AvgIpc) is 2.27. The summed E-state index contributed by atoms with van der Waals surface area (Å²) in [6.07, 6.45) is -7.11. The van der Waals surface area contributed by atoms with Crippen LogP contribution in [0.25, 0.3) is 0 Å². The van der Waals surface area contributed by atoms with Crippen molar-refractivity contribution in [1.82, 2.24) is 0 Å². The summed E-state index contributed by atoms with van der Waals surface area (Å²) < 4.78 is 87.6. The van der Waals surface area contributed by atoms with E-state index in [4.69, 9.17) is 5.11 Å². The van der Waals surface area contributed by atoms with Crippen LogP contribution in [0.1, 0.15) is 11.1 Å². The SMILES string of the molecule is O=C(O)C(F)(F)Cc1ccc(C(F)(F)C(F)(F)F)cc1. The number of hydrogen-bond acceptors (Lipinski definition) is 1. The predicted octanol–water partition coefficient (Wildman–Crippen LogP) is 3.60. The fourth-order valence-corrected chi connectivity index (χ4v) is 1.33. The van der Waals surface area contributed by atoms with Crippen molar-refractivity contribution in [2.24, 2.45) is 0 Å². The number of carboxylic acid groups (broad SMARTS) is 1. The normalized spacial score (nSPS) is 13.3. The highest BCUT2D eigenvalue weighted by Gasteiger charge is 2.58. The van der Waals surface area contributed by atoms with Crippen molar-refractivity contribution in [2.75, 3.05) is 0 Å². The van der Waals surface area contributed by atoms with Crippen LogP contribution in [0.15, 0.2) is 24.3 Å². The van der Waals surface area contributed by atoms with Gasteiger partial charge in [0.2, 0.25) is 0 Å². The van der Waals surface area contributed by atoms with Crippen molar-refractivity contribution in [3.05, 3.63) is 35.4 Å². The fraction of sp³-hybridized carbons (Fsp3) is 0.364. The number of aliphatic carboxylic acids is 1. The Morgan fingerprint density at radius 2 is 1.40 bits per heavy atom. The summed E-state index contributed by atoms with van der Waals surface area (Å²) in [5.41, 5.74) is -1.79. The molecule has 0 saturated heterocycles. The van der Waals surface area contributed by atoms with Gasteiger partial charge in [0.25, 0.3) is 0 Å². The molecule has 0 aliphatic heterocycles. The Kier molecular flexibility index (Phi) is 4.02. The molecular weight excluding hydrogens is 297 g/mol. The zero-order chi connectivity index (χ0) is 15.8. The maximum atomic E-state index is 12.9. The van der Waals surface area contributed by atoms with Gasteiger partial charge in [0, 0.05) is 12.0 Å². The van der Waals surface area contributed by atoms with Crippen LogP contribution in [-0.2, 0) is 17.1 Å². The lowest BCUT2D eigenvalue weighted by molar-refractivity contribution is -0.289. The van der Waals surface area contributed by atoms with E-state index < -0.39 is 36.0 Å². The van der Waals surface area contributed by atoms with Gasteiger partial charge >= 0.3 is 24.0 Å². The third-order valence-electron chi connectivity index (χ3n) is 2.41. The van der Waals surface area contributed by atoms with Gasteiger partial charge in [0.05, 0.1) is 0 Å². The summed E-state index contributed by atoms with van der Waals surface area (Å²) >= 11 is 0. The van der Waals surface area contributed by atoms with Gasteiger partial charge in [-0.2, -0.15) is 30.7 Å². The highest BCUT2D eigenvalue weighted by molar-refractivity contribution is 5.75. The molecule has 0 spiro atoms. The smallest absolute Gasteiger partial charge is 0.458 e. The summed E-state index contributed by atoms with van der Waals surface area (Å²) in [4.78, 5) is 10.2. The van der Waals surface area contributed by atoms with E-state index in [2.05, 4.69) is 0 Å². The monoisotopic (exact) mass is 304 g/mol. The maximum absolute atomic E-state index is 12.9. The van der Waals surface area contributed by atoms with Crippen molar-refractivity contribution >= 4 is 5.97 Å². The summed E-state index contributed by atoms with van der Waals surface area (Å²) in [5, 5.41) is 8.17. The largest absolute Gasteiger partial charge is 0.477 e. The van der Waals surface area contributed by atoms with Gasteiger partial charge in [-0.1, -0.05) is 24.3 Å². The maximum Gasteiger partial charge on any atom is 0.458 e. The second kappa shape index (κ2) is 4.95. The van der Waals surface area contributed by atoms with Crippen LogP contribution in [0.5, 0.6) is 0 Å². The van der Waals surface area contributed by atoms with Crippen molar-refractivity contribution in [1.29, 1.82) is 0 Å². The Balaban J connectivity index is 2.99. The lowest BCUT2D eigenvalue weighted by Crippen LogP contribution is -2.33. The minimum Gasteiger partial charge on any atom is -0.477 e. The molecule has 0 fully saturated rings. The molecule has 0 atom stereocenters.